The van der Waals surface area contributed by atoms with Crippen LogP contribution in [-0.4, -0.2) is 18.2 Å². The zero-order valence-electron chi connectivity index (χ0n) is 9.46. The van der Waals surface area contributed by atoms with E-state index < -0.39 is 15.8 Å². The third-order valence-electron chi connectivity index (χ3n) is 2.34. The van der Waals surface area contributed by atoms with Gasteiger partial charge in [-0.15, -0.1) is 0 Å². The third-order valence-corrected chi connectivity index (χ3v) is 3.69. The van der Waals surface area contributed by atoms with Crippen LogP contribution in [-0.2, 0) is 17.1 Å². The second-order valence-corrected chi connectivity index (χ2v) is 5.31. The number of halogens is 1. The minimum Gasteiger partial charge on any atom is -0.396 e. The van der Waals surface area contributed by atoms with Gasteiger partial charge in [-0.3, -0.25) is 9.40 Å². The average Bonchev–Trinajstić information content (AvgIpc) is 2.67. The van der Waals surface area contributed by atoms with Crippen LogP contribution in [0.25, 0.3) is 0 Å². The highest BCUT2D eigenvalue weighted by Crippen LogP contribution is 2.19. The van der Waals surface area contributed by atoms with E-state index in [2.05, 4.69) is 9.82 Å². The van der Waals surface area contributed by atoms with Gasteiger partial charge in [0.15, 0.2) is 0 Å². The molecule has 0 aliphatic heterocycles. The number of aryl methyl sites for hydroxylation is 1. The maximum Gasteiger partial charge on any atom is 0.263 e. The minimum absolute atomic E-state index is 0.109. The van der Waals surface area contributed by atoms with Gasteiger partial charge in [0.1, 0.15) is 11.6 Å². The van der Waals surface area contributed by atoms with Gasteiger partial charge in [-0.1, -0.05) is 0 Å². The fraction of sp³-hybridized carbons (Fsp3) is 0.100. The summed E-state index contributed by atoms with van der Waals surface area (Å²) in [5.41, 5.74) is 5.12. The molecule has 0 spiro atoms. The van der Waals surface area contributed by atoms with E-state index in [9.17, 15) is 12.8 Å². The Morgan fingerprint density at radius 1 is 1.39 bits per heavy atom. The summed E-state index contributed by atoms with van der Waals surface area (Å²) in [7, 11) is -2.21. The van der Waals surface area contributed by atoms with Gasteiger partial charge >= 0.3 is 0 Å². The number of hydrogen-bond acceptors (Lipinski definition) is 4. The summed E-state index contributed by atoms with van der Waals surface area (Å²) in [5, 5.41) is 3.83. The Kier molecular flexibility index (Phi) is 2.95. The number of nitrogens with one attached hydrogen (secondary N) is 1. The monoisotopic (exact) mass is 270 g/mol. The van der Waals surface area contributed by atoms with Crippen molar-refractivity contribution in [3.8, 4) is 0 Å². The van der Waals surface area contributed by atoms with Gasteiger partial charge in [0, 0.05) is 13.1 Å². The van der Waals surface area contributed by atoms with Gasteiger partial charge in [0.25, 0.3) is 10.0 Å². The van der Waals surface area contributed by atoms with E-state index in [-0.39, 0.29) is 10.6 Å². The molecule has 96 valence electrons. The molecule has 18 heavy (non-hydrogen) atoms. The zero-order valence-corrected chi connectivity index (χ0v) is 10.3. The summed E-state index contributed by atoms with van der Waals surface area (Å²) in [6, 6.07) is 4.72. The number of sulfonamides is 1. The van der Waals surface area contributed by atoms with Gasteiger partial charge in [0.05, 0.1) is 16.8 Å². The van der Waals surface area contributed by atoms with Crippen LogP contribution in [0.3, 0.4) is 0 Å². The normalized spacial score (nSPS) is 11.4. The molecule has 1 aromatic carbocycles. The number of aromatic nitrogens is 2. The molecule has 0 saturated heterocycles. The molecule has 0 radical (unpaired) electrons. The first kappa shape index (κ1) is 12.4. The summed E-state index contributed by atoms with van der Waals surface area (Å²) < 4.78 is 40.6. The van der Waals surface area contributed by atoms with Crippen molar-refractivity contribution in [1.82, 2.24) is 9.78 Å². The lowest BCUT2D eigenvalue weighted by atomic mass is 10.3. The van der Waals surface area contributed by atoms with E-state index in [4.69, 9.17) is 5.73 Å². The Balaban J connectivity index is 2.37. The molecular weight excluding hydrogens is 259 g/mol. The smallest absolute Gasteiger partial charge is 0.263 e. The van der Waals surface area contributed by atoms with Gasteiger partial charge < -0.3 is 5.73 Å². The number of anilines is 2. The fourth-order valence-corrected chi connectivity index (χ4v) is 2.48. The molecule has 1 heterocycles. The predicted molar refractivity (Wildman–Crippen MR) is 64.8 cm³/mol. The third kappa shape index (κ3) is 2.28. The van der Waals surface area contributed by atoms with Crippen molar-refractivity contribution in [3.63, 3.8) is 0 Å². The van der Waals surface area contributed by atoms with Crippen LogP contribution in [0.5, 0.6) is 0 Å². The van der Waals surface area contributed by atoms with Crippen LogP contribution in [0, 0.1) is 5.82 Å². The second-order valence-electron chi connectivity index (χ2n) is 3.63. The van der Waals surface area contributed by atoms with Crippen LogP contribution in [0.4, 0.5) is 15.9 Å². The molecule has 0 unspecified atom stereocenters. The maximum atomic E-state index is 13.0. The Hall–Kier alpha value is -2.09. The molecule has 1 aromatic heterocycles. The lowest BCUT2D eigenvalue weighted by Gasteiger charge is -2.08. The van der Waals surface area contributed by atoms with Crippen LogP contribution in [0.2, 0.25) is 0 Å². The lowest BCUT2D eigenvalue weighted by Crippen LogP contribution is -2.15. The molecule has 0 aliphatic rings. The number of nitrogens with two attached hydrogens (primary N) is 1. The van der Waals surface area contributed by atoms with Crippen molar-refractivity contribution in [3.05, 3.63) is 36.3 Å². The van der Waals surface area contributed by atoms with Gasteiger partial charge in [-0.2, -0.15) is 5.10 Å². The van der Waals surface area contributed by atoms with Crippen LogP contribution in [0.1, 0.15) is 0 Å². The van der Waals surface area contributed by atoms with E-state index in [1.54, 1.807) is 7.05 Å². The molecule has 0 saturated carbocycles. The topological polar surface area (TPSA) is 90.0 Å². The number of hydrogen-bond donors (Lipinski definition) is 2. The molecule has 0 atom stereocenters. The first-order chi connectivity index (χ1) is 8.40. The van der Waals surface area contributed by atoms with Crippen molar-refractivity contribution < 1.29 is 12.8 Å². The van der Waals surface area contributed by atoms with E-state index in [0.29, 0.717) is 5.82 Å². The van der Waals surface area contributed by atoms with Crippen molar-refractivity contribution in [2.24, 2.45) is 7.05 Å². The molecule has 8 heteroatoms. The number of nitrogens with zero attached hydrogens (tertiary/aromatic N) is 2. The fourth-order valence-electron chi connectivity index (χ4n) is 1.36. The van der Waals surface area contributed by atoms with Crippen LogP contribution >= 0.6 is 0 Å². The molecular formula is C10H11FN4O2S. The van der Waals surface area contributed by atoms with Gasteiger partial charge in [-0.25, -0.2) is 12.8 Å². The molecule has 2 rings (SSSR count). The molecule has 0 aliphatic carbocycles. The molecule has 0 fully saturated rings. The van der Waals surface area contributed by atoms with E-state index in [1.165, 1.54) is 16.9 Å². The van der Waals surface area contributed by atoms with Crippen molar-refractivity contribution in [2.75, 3.05) is 10.5 Å². The molecule has 6 nitrogen and oxygen atoms in total. The zero-order chi connectivity index (χ0) is 13.3. The summed E-state index contributed by atoms with van der Waals surface area (Å²) in [5.74, 6) is -0.354. The summed E-state index contributed by atoms with van der Waals surface area (Å²) >= 11 is 0. The Morgan fingerprint density at radius 3 is 2.67 bits per heavy atom. The lowest BCUT2D eigenvalue weighted by molar-refractivity contribution is 0.599. The van der Waals surface area contributed by atoms with E-state index in [1.807, 2.05) is 0 Å². The summed E-state index contributed by atoms with van der Waals surface area (Å²) in [4.78, 5) is -0.109. The highest BCUT2D eigenvalue weighted by atomic mass is 32.2. The van der Waals surface area contributed by atoms with Gasteiger partial charge in [-0.05, 0) is 18.2 Å². The standard InChI is InChI=1S/C10H11FN4O2S/c1-15-10(4-5-13-15)14-18(16,17)7-2-3-8(11)9(12)6-7/h2-6,14H,12H2,1H3. The number of benzene rings is 1. The quantitative estimate of drug-likeness (QED) is 0.812. The summed E-state index contributed by atoms with van der Waals surface area (Å²) in [6.07, 6.45) is 1.46. The summed E-state index contributed by atoms with van der Waals surface area (Å²) in [6.45, 7) is 0. The predicted octanol–water partition coefficient (Wildman–Crippen LogP) is 0.942. The Morgan fingerprint density at radius 2 is 2.11 bits per heavy atom. The molecule has 0 amide bonds. The number of rotatable bonds is 3. The second kappa shape index (κ2) is 4.30. The van der Waals surface area contributed by atoms with Crippen LogP contribution < -0.4 is 10.5 Å². The van der Waals surface area contributed by atoms with Crippen LogP contribution in [0.15, 0.2) is 35.4 Å². The Bertz CT molecular complexity index is 681. The largest absolute Gasteiger partial charge is 0.396 e. The number of nitrogen functional groups attached to an aromatic ring is 1. The van der Waals surface area contributed by atoms with Gasteiger partial charge in [0.2, 0.25) is 0 Å². The van der Waals surface area contributed by atoms with Crippen molar-refractivity contribution in [2.45, 2.75) is 4.90 Å². The maximum absolute atomic E-state index is 13.0. The highest BCUT2D eigenvalue weighted by Gasteiger charge is 2.17. The highest BCUT2D eigenvalue weighted by molar-refractivity contribution is 7.92. The van der Waals surface area contributed by atoms with E-state index >= 15 is 0 Å². The SMILES string of the molecule is Cn1nccc1NS(=O)(=O)c1ccc(F)c(N)c1. The van der Waals surface area contributed by atoms with E-state index in [0.717, 1.165) is 18.2 Å². The molecule has 2 aromatic rings. The van der Waals surface area contributed by atoms with Crippen molar-refractivity contribution in [1.29, 1.82) is 0 Å². The first-order valence-electron chi connectivity index (χ1n) is 4.96. The Labute approximate surface area is 103 Å². The average molecular weight is 270 g/mol. The molecule has 0 bridgehead atoms. The molecule has 3 N–H and O–H groups in total. The first-order valence-corrected chi connectivity index (χ1v) is 6.44. The minimum atomic E-state index is -3.80. The van der Waals surface area contributed by atoms with Crippen molar-refractivity contribution >= 4 is 21.5 Å².